The first-order valence-electron chi connectivity index (χ1n) is 18.5. The third kappa shape index (κ3) is 7.50. The summed E-state index contributed by atoms with van der Waals surface area (Å²) in [6.45, 7) is 0. The lowest BCUT2D eigenvalue weighted by molar-refractivity contribution is 0.416. The molecule has 0 saturated carbocycles. The Morgan fingerprint density at radius 2 is 0.981 bits per heavy atom. The first kappa shape index (κ1) is 34.6. The highest BCUT2D eigenvalue weighted by atomic mass is 16.5. The number of benzene rings is 5. The lowest BCUT2D eigenvalue weighted by Crippen LogP contribution is -1.98. The van der Waals surface area contributed by atoms with Gasteiger partial charge in [0.1, 0.15) is 17.4 Å². The first-order chi connectivity index (χ1) is 26.5. The molecular formula is C48H43N5O. The van der Waals surface area contributed by atoms with Crippen molar-refractivity contribution in [3.05, 3.63) is 181 Å². The average Bonchev–Trinajstić information content (AvgIpc) is 3.87. The Bertz CT molecular complexity index is 2390. The summed E-state index contributed by atoms with van der Waals surface area (Å²) in [5.74, 6) is 2.78. The van der Waals surface area contributed by atoms with Gasteiger partial charge in [-0.15, -0.1) is 0 Å². The van der Waals surface area contributed by atoms with Gasteiger partial charge in [-0.25, -0.2) is 9.97 Å². The monoisotopic (exact) mass is 705 g/mol. The van der Waals surface area contributed by atoms with Gasteiger partial charge >= 0.3 is 0 Å². The molecule has 0 atom stereocenters. The summed E-state index contributed by atoms with van der Waals surface area (Å²) in [6, 6.07) is 45.9. The number of aromatic nitrogens is 5. The summed E-state index contributed by atoms with van der Waals surface area (Å²) in [5, 5.41) is 0. The average molecular weight is 706 g/mol. The molecule has 0 spiro atoms. The molecule has 0 saturated heterocycles. The fourth-order valence-electron chi connectivity index (χ4n) is 7.29. The molecule has 54 heavy (non-hydrogen) atoms. The highest BCUT2D eigenvalue weighted by molar-refractivity contribution is 5.87. The molecule has 6 nitrogen and oxygen atoms in total. The minimum absolute atomic E-state index is 0.824. The Morgan fingerprint density at radius 3 is 1.50 bits per heavy atom. The van der Waals surface area contributed by atoms with Crippen molar-refractivity contribution < 1.29 is 4.74 Å². The summed E-state index contributed by atoms with van der Waals surface area (Å²) in [4.78, 5) is 13.6. The van der Waals surface area contributed by atoms with Crippen LogP contribution in [0.5, 0.6) is 5.75 Å². The Balaban J connectivity index is 1.11. The summed E-state index contributed by atoms with van der Waals surface area (Å²) in [6.07, 6.45) is 13.2. The van der Waals surface area contributed by atoms with Gasteiger partial charge in [0.2, 0.25) is 0 Å². The number of aryl methyl sites for hydroxylation is 6. The van der Waals surface area contributed by atoms with Crippen molar-refractivity contribution in [2.24, 2.45) is 14.1 Å². The van der Waals surface area contributed by atoms with E-state index in [9.17, 15) is 0 Å². The molecule has 0 N–H and O–H groups in total. The topological polar surface area (TPSA) is 57.8 Å². The van der Waals surface area contributed by atoms with E-state index >= 15 is 0 Å². The molecule has 0 unspecified atom stereocenters. The zero-order valence-electron chi connectivity index (χ0n) is 31.0. The Hall–Kier alpha value is -6.53. The molecule has 0 radical (unpaired) electrons. The van der Waals surface area contributed by atoms with Gasteiger partial charge in [-0.3, -0.25) is 4.98 Å². The van der Waals surface area contributed by atoms with Gasteiger partial charge in [0, 0.05) is 67.3 Å². The van der Waals surface area contributed by atoms with Crippen LogP contribution in [0, 0.1) is 0 Å². The number of hydrogen-bond acceptors (Lipinski definition) is 4. The number of methoxy groups -OCH3 is 1. The molecule has 0 bridgehead atoms. The second-order valence-corrected chi connectivity index (χ2v) is 13.8. The second-order valence-electron chi connectivity index (χ2n) is 13.8. The normalized spacial score (nSPS) is 11.2. The van der Waals surface area contributed by atoms with E-state index in [-0.39, 0.29) is 0 Å². The molecule has 6 heteroatoms. The maximum absolute atomic E-state index is 6.01. The predicted octanol–water partition coefficient (Wildman–Crippen LogP) is 10.5. The maximum atomic E-state index is 6.01. The van der Waals surface area contributed by atoms with Gasteiger partial charge < -0.3 is 13.9 Å². The molecule has 0 fully saturated rings. The van der Waals surface area contributed by atoms with E-state index in [1.807, 2.05) is 63.3 Å². The number of nitrogens with zero attached hydrogens (tertiary/aromatic N) is 5. The van der Waals surface area contributed by atoms with Gasteiger partial charge in [0.15, 0.2) is 0 Å². The van der Waals surface area contributed by atoms with Crippen LogP contribution in [-0.4, -0.2) is 31.2 Å². The summed E-state index contributed by atoms with van der Waals surface area (Å²) < 4.78 is 10.1. The Morgan fingerprint density at radius 1 is 0.444 bits per heavy atom. The summed E-state index contributed by atoms with van der Waals surface area (Å²) in [5.41, 5.74) is 14.1. The van der Waals surface area contributed by atoms with Gasteiger partial charge in [-0.05, 0) is 88.9 Å². The smallest absolute Gasteiger partial charge is 0.139 e. The van der Waals surface area contributed by atoms with Crippen molar-refractivity contribution in [1.29, 1.82) is 0 Å². The summed E-state index contributed by atoms with van der Waals surface area (Å²) >= 11 is 0. The van der Waals surface area contributed by atoms with Crippen molar-refractivity contribution in [2.75, 3.05) is 7.11 Å². The van der Waals surface area contributed by atoms with Crippen molar-refractivity contribution >= 4 is 0 Å². The van der Waals surface area contributed by atoms with E-state index in [4.69, 9.17) is 4.74 Å². The van der Waals surface area contributed by atoms with Gasteiger partial charge in [0.05, 0.1) is 12.8 Å². The lowest BCUT2D eigenvalue weighted by atomic mass is 9.89. The number of imidazole rings is 2. The van der Waals surface area contributed by atoms with Gasteiger partial charge in [0.25, 0.3) is 0 Å². The molecule has 8 aromatic rings. The molecular weight excluding hydrogens is 663 g/mol. The molecule has 0 aliphatic rings. The molecule has 266 valence electrons. The number of rotatable bonds is 12. The second kappa shape index (κ2) is 15.6. The molecule has 5 aromatic carbocycles. The zero-order chi connectivity index (χ0) is 36.9. The number of hydrogen-bond donors (Lipinski definition) is 0. The summed E-state index contributed by atoms with van der Waals surface area (Å²) in [7, 11) is 5.81. The van der Waals surface area contributed by atoms with E-state index in [0.29, 0.717) is 0 Å². The SMILES string of the molecule is COc1cc(-c2ccccn2)ccc1-c1ccccc1-c1cc(CCc2ccc(-c3nccn3C)cc2)cc(CCc2ccc(-c3nccn3C)cc2)c1. The van der Waals surface area contributed by atoms with Crippen LogP contribution in [0.1, 0.15) is 22.3 Å². The molecule has 0 amide bonds. The van der Waals surface area contributed by atoms with Crippen LogP contribution in [0.2, 0.25) is 0 Å². The Kier molecular flexibility index (Phi) is 9.98. The highest BCUT2D eigenvalue weighted by Gasteiger charge is 2.15. The van der Waals surface area contributed by atoms with Crippen LogP contribution in [0.25, 0.3) is 56.3 Å². The maximum Gasteiger partial charge on any atom is 0.139 e. The molecule has 8 rings (SSSR count). The standard InChI is InChI=1S/C48H43N5O/c1-52-28-26-50-47(52)38-19-15-34(16-20-38)11-13-36-30-37(14-12-35-17-21-39(22-18-35)48-51-27-29-53(48)2)32-41(31-36)42-8-4-5-9-43(42)44-24-23-40(33-46(44)54-3)45-10-6-7-25-49-45/h4-10,15-33H,11-14H2,1-3H3. The van der Waals surface area contributed by atoms with E-state index in [1.54, 1.807) is 7.11 Å². The molecule has 3 heterocycles. The predicted molar refractivity (Wildman–Crippen MR) is 219 cm³/mol. The van der Waals surface area contributed by atoms with Gasteiger partial charge in [-0.1, -0.05) is 103 Å². The van der Waals surface area contributed by atoms with Crippen molar-refractivity contribution in [3.8, 4) is 62.0 Å². The van der Waals surface area contributed by atoms with Crippen molar-refractivity contribution in [2.45, 2.75) is 25.7 Å². The van der Waals surface area contributed by atoms with Crippen molar-refractivity contribution in [1.82, 2.24) is 24.1 Å². The van der Waals surface area contributed by atoms with Crippen LogP contribution in [0.15, 0.2) is 158 Å². The van der Waals surface area contributed by atoms with Crippen LogP contribution in [0.4, 0.5) is 0 Å². The molecule has 3 aromatic heterocycles. The molecule has 0 aliphatic heterocycles. The minimum atomic E-state index is 0.824. The number of pyridine rings is 1. The zero-order valence-corrected chi connectivity index (χ0v) is 31.0. The quantitative estimate of drug-likeness (QED) is 0.127. The van der Waals surface area contributed by atoms with E-state index in [0.717, 1.165) is 76.6 Å². The van der Waals surface area contributed by atoms with Gasteiger partial charge in [-0.2, -0.15) is 0 Å². The minimum Gasteiger partial charge on any atom is -0.496 e. The van der Waals surface area contributed by atoms with E-state index in [2.05, 4.69) is 133 Å². The van der Waals surface area contributed by atoms with E-state index < -0.39 is 0 Å². The van der Waals surface area contributed by atoms with E-state index in [1.165, 1.54) is 33.4 Å². The molecule has 0 aliphatic carbocycles. The highest BCUT2D eigenvalue weighted by Crippen LogP contribution is 2.40. The van der Waals surface area contributed by atoms with Crippen LogP contribution in [-0.2, 0) is 39.8 Å². The van der Waals surface area contributed by atoms with Crippen LogP contribution >= 0.6 is 0 Å². The van der Waals surface area contributed by atoms with Crippen molar-refractivity contribution in [3.63, 3.8) is 0 Å². The third-order valence-electron chi connectivity index (χ3n) is 10.2. The lowest BCUT2D eigenvalue weighted by Gasteiger charge is -2.17. The number of ether oxygens (including phenoxy) is 1. The van der Waals surface area contributed by atoms with Crippen LogP contribution < -0.4 is 4.74 Å². The third-order valence-corrected chi connectivity index (χ3v) is 10.2. The first-order valence-corrected chi connectivity index (χ1v) is 18.5. The largest absolute Gasteiger partial charge is 0.496 e. The fraction of sp³-hybridized carbons (Fsp3) is 0.146. The van der Waals surface area contributed by atoms with Crippen LogP contribution in [0.3, 0.4) is 0 Å². The Labute approximate surface area is 317 Å². The fourth-order valence-corrected chi connectivity index (χ4v) is 7.29.